The van der Waals surface area contributed by atoms with Crippen molar-refractivity contribution in [2.24, 2.45) is 5.10 Å². The molecule has 0 aromatic heterocycles. The van der Waals surface area contributed by atoms with Crippen LogP contribution in [-0.4, -0.2) is 30.7 Å². The first kappa shape index (κ1) is 14.5. The van der Waals surface area contributed by atoms with E-state index in [0.29, 0.717) is 17.8 Å². The lowest BCUT2D eigenvalue weighted by molar-refractivity contribution is -0.121. The Kier molecular flexibility index (Phi) is 4.50. The molecule has 1 aliphatic rings. The van der Waals surface area contributed by atoms with Crippen LogP contribution in [0.3, 0.4) is 0 Å². The molecule has 2 rings (SSSR count). The van der Waals surface area contributed by atoms with Crippen molar-refractivity contribution < 1.29 is 19.1 Å². The van der Waals surface area contributed by atoms with Crippen LogP contribution in [0.4, 0.5) is 16.2 Å². The Morgan fingerprint density at radius 3 is 2.29 bits per heavy atom. The van der Waals surface area contributed by atoms with Gasteiger partial charge in [-0.25, -0.2) is 10.2 Å². The molecule has 0 bridgehead atoms. The third-order valence-electron chi connectivity index (χ3n) is 2.74. The Morgan fingerprint density at radius 2 is 1.76 bits per heavy atom. The van der Waals surface area contributed by atoms with Gasteiger partial charge < -0.3 is 10.1 Å². The van der Waals surface area contributed by atoms with Crippen LogP contribution in [-0.2, 0) is 14.3 Å². The van der Waals surface area contributed by atoms with Gasteiger partial charge in [0.05, 0.1) is 7.11 Å². The van der Waals surface area contributed by atoms with Gasteiger partial charge in [-0.1, -0.05) is 0 Å². The number of benzene rings is 1. The number of nitrogens with zero attached hydrogens (tertiary/aromatic N) is 1. The third-order valence-corrected chi connectivity index (χ3v) is 2.74. The number of ether oxygens (including phenoxy) is 1. The number of methoxy groups -OCH3 is 1. The van der Waals surface area contributed by atoms with E-state index in [4.69, 9.17) is 0 Å². The predicted molar refractivity (Wildman–Crippen MR) is 75.9 cm³/mol. The number of amides is 3. The molecule has 3 N–H and O–H groups in total. The number of carbonyl (C=O) groups is 3. The highest BCUT2D eigenvalue weighted by molar-refractivity contribution is 6.43. The molecule has 1 heterocycles. The summed E-state index contributed by atoms with van der Waals surface area (Å²) in [6.45, 7) is 0. The Balaban J connectivity index is 1.95. The molecule has 3 amide bonds. The van der Waals surface area contributed by atoms with Gasteiger partial charge in [-0.2, -0.15) is 5.10 Å². The molecule has 0 fully saturated rings. The number of hydrazone groups is 1. The second-order valence-electron chi connectivity index (χ2n) is 4.24. The minimum absolute atomic E-state index is 0.204. The predicted octanol–water partition coefficient (Wildman–Crippen LogP) is 1.07. The SMILES string of the molecule is COC(=O)Nc1ccc(NC(=O)C2=NNC(=O)CC2)cc1. The van der Waals surface area contributed by atoms with E-state index >= 15 is 0 Å². The standard InChI is InChI=1S/C13H14N4O4/c1-21-13(20)15-9-4-2-8(3-5-9)14-12(19)10-6-7-11(18)17-16-10/h2-5H,6-7H2,1H3,(H,14,19)(H,15,20)(H,17,18). The number of rotatable bonds is 3. The van der Waals surface area contributed by atoms with Gasteiger partial charge in [-0.15, -0.1) is 0 Å². The van der Waals surface area contributed by atoms with Crippen LogP contribution in [0, 0.1) is 0 Å². The van der Waals surface area contributed by atoms with Crippen LogP contribution in [0.5, 0.6) is 0 Å². The number of hydrogen-bond donors (Lipinski definition) is 3. The summed E-state index contributed by atoms with van der Waals surface area (Å²) in [6.07, 6.45) is -0.0208. The molecule has 0 radical (unpaired) electrons. The van der Waals surface area contributed by atoms with E-state index < -0.39 is 6.09 Å². The van der Waals surface area contributed by atoms with Crippen LogP contribution in [0.1, 0.15) is 12.8 Å². The van der Waals surface area contributed by atoms with E-state index in [1.807, 2.05) is 0 Å². The maximum atomic E-state index is 11.9. The third kappa shape index (κ3) is 4.03. The van der Waals surface area contributed by atoms with Crippen LogP contribution in [0.15, 0.2) is 29.4 Å². The maximum absolute atomic E-state index is 11.9. The number of nitrogens with one attached hydrogen (secondary N) is 3. The van der Waals surface area contributed by atoms with Crippen LogP contribution in [0.2, 0.25) is 0 Å². The summed E-state index contributed by atoms with van der Waals surface area (Å²) in [7, 11) is 1.27. The summed E-state index contributed by atoms with van der Waals surface area (Å²) in [5.74, 6) is -0.575. The zero-order valence-electron chi connectivity index (χ0n) is 11.3. The fourth-order valence-electron chi connectivity index (χ4n) is 1.65. The van der Waals surface area contributed by atoms with E-state index in [1.165, 1.54) is 7.11 Å². The smallest absolute Gasteiger partial charge is 0.411 e. The van der Waals surface area contributed by atoms with Crippen LogP contribution >= 0.6 is 0 Å². The Labute approximate surface area is 120 Å². The van der Waals surface area contributed by atoms with Gasteiger partial charge in [-0.05, 0) is 24.3 Å². The second-order valence-corrected chi connectivity index (χ2v) is 4.24. The van der Waals surface area contributed by atoms with Gasteiger partial charge in [0, 0.05) is 24.2 Å². The molecule has 8 nitrogen and oxygen atoms in total. The van der Waals surface area contributed by atoms with Crippen LogP contribution in [0.25, 0.3) is 0 Å². The number of carbonyl (C=O) groups excluding carboxylic acids is 3. The molecule has 8 heteroatoms. The van der Waals surface area contributed by atoms with E-state index in [0.717, 1.165) is 0 Å². The first-order chi connectivity index (χ1) is 10.1. The Hall–Kier alpha value is -2.90. The summed E-state index contributed by atoms with van der Waals surface area (Å²) in [5.41, 5.74) is 3.63. The highest BCUT2D eigenvalue weighted by Gasteiger charge is 2.18. The molecule has 0 spiro atoms. The molecule has 1 aromatic carbocycles. The fraction of sp³-hybridized carbons (Fsp3) is 0.231. The molecule has 0 saturated heterocycles. The summed E-state index contributed by atoms with van der Waals surface area (Å²) in [6, 6.07) is 6.50. The van der Waals surface area contributed by atoms with Crippen molar-refractivity contribution in [2.45, 2.75) is 12.8 Å². The highest BCUT2D eigenvalue weighted by Crippen LogP contribution is 2.14. The topological polar surface area (TPSA) is 109 Å². The average molecular weight is 290 g/mol. The second kappa shape index (κ2) is 6.51. The summed E-state index contributed by atoms with van der Waals surface area (Å²) < 4.78 is 4.47. The lowest BCUT2D eigenvalue weighted by Crippen LogP contribution is -2.32. The molecular formula is C13H14N4O4. The first-order valence-electron chi connectivity index (χ1n) is 6.20. The zero-order chi connectivity index (χ0) is 15.2. The molecule has 0 unspecified atom stereocenters. The number of anilines is 2. The molecule has 0 aliphatic carbocycles. The Bertz CT molecular complexity index is 595. The van der Waals surface area contributed by atoms with Gasteiger partial charge in [0.25, 0.3) is 5.91 Å². The minimum atomic E-state index is -0.570. The lowest BCUT2D eigenvalue weighted by Gasteiger charge is -2.12. The Morgan fingerprint density at radius 1 is 1.14 bits per heavy atom. The molecule has 1 aromatic rings. The first-order valence-corrected chi connectivity index (χ1v) is 6.20. The van der Waals surface area contributed by atoms with E-state index in [1.54, 1.807) is 24.3 Å². The molecule has 0 saturated carbocycles. The van der Waals surface area contributed by atoms with E-state index in [9.17, 15) is 14.4 Å². The van der Waals surface area contributed by atoms with Gasteiger partial charge in [0.1, 0.15) is 5.71 Å². The van der Waals surface area contributed by atoms with Gasteiger partial charge in [0.2, 0.25) is 5.91 Å². The van der Waals surface area contributed by atoms with Crippen molar-refractivity contribution in [3.05, 3.63) is 24.3 Å². The molecule has 110 valence electrons. The van der Waals surface area contributed by atoms with Gasteiger partial charge in [-0.3, -0.25) is 14.9 Å². The van der Waals surface area contributed by atoms with Gasteiger partial charge >= 0.3 is 6.09 Å². The zero-order valence-corrected chi connectivity index (χ0v) is 11.3. The van der Waals surface area contributed by atoms with Crippen molar-refractivity contribution in [3.63, 3.8) is 0 Å². The summed E-state index contributed by atoms with van der Waals surface area (Å²) in [5, 5.41) is 8.86. The highest BCUT2D eigenvalue weighted by atomic mass is 16.5. The van der Waals surface area contributed by atoms with Crippen LogP contribution < -0.4 is 16.1 Å². The monoisotopic (exact) mass is 290 g/mol. The molecule has 0 atom stereocenters. The molecule has 1 aliphatic heterocycles. The fourth-order valence-corrected chi connectivity index (χ4v) is 1.65. The molecule has 21 heavy (non-hydrogen) atoms. The van der Waals surface area contributed by atoms with E-state index in [2.05, 4.69) is 25.9 Å². The quantitative estimate of drug-likeness (QED) is 0.773. The van der Waals surface area contributed by atoms with Gasteiger partial charge in [0.15, 0.2) is 0 Å². The number of hydrogen-bond acceptors (Lipinski definition) is 5. The summed E-state index contributed by atoms with van der Waals surface area (Å²) >= 11 is 0. The summed E-state index contributed by atoms with van der Waals surface area (Å²) in [4.78, 5) is 33.9. The van der Waals surface area contributed by atoms with Crippen molar-refractivity contribution in [1.29, 1.82) is 0 Å². The lowest BCUT2D eigenvalue weighted by atomic mass is 10.1. The normalized spacial score (nSPS) is 13.8. The van der Waals surface area contributed by atoms with Crippen molar-refractivity contribution >= 4 is 35.0 Å². The minimum Gasteiger partial charge on any atom is -0.453 e. The van der Waals surface area contributed by atoms with Crippen molar-refractivity contribution in [3.8, 4) is 0 Å². The van der Waals surface area contributed by atoms with Crippen molar-refractivity contribution in [2.75, 3.05) is 17.7 Å². The van der Waals surface area contributed by atoms with E-state index in [-0.39, 0.29) is 23.9 Å². The maximum Gasteiger partial charge on any atom is 0.411 e. The largest absolute Gasteiger partial charge is 0.453 e. The van der Waals surface area contributed by atoms with Crippen molar-refractivity contribution in [1.82, 2.24) is 5.43 Å². The molecular weight excluding hydrogens is 276 g/mol. The average Bonchev–Trinajstić information content (AvgIpc) is 2.49.